The molecular formula is C15H9F2N2OS. The molecule has 105 valence electrons. The van der Waals surface area contributed by atoms with E-state index in [0.717, 1.165) is 17.2 Å². The predicted molar refractivity (Wildman–Crippen MR) is 75.6 cm³/mol. The summed E-state index contributed by atoms with van der Waals surface area (Å²) in [7, 11) is 0. The average Bonchev–Trinajstić information content (AvgIpc) is 2.95. The van der Waals surface area contributed by atoms with Crippen LogP contribution in [-0.4, -0.2) is 9.97 Å². The Morgan fingerprint density at radius 2 is 1.90 bits per heavy atom. The van der Waals surface area contributed by atoms with Gasteiger partial charge in [-0.3, -0.25) is 10.1 Å². The molecule has 21 heavy (non-hydrogen) atoms. The Morgan fingerprint density at radius 1 is 1.10 bits per heavy atom. The van der Waals surface area contributed by atoms with Gasteiger partial charge in [-0.1, -0.05) is 0 Å². The molecule has 0 bridgehead atoms. The summed E-state index contributed by atoms with van der Waals surface area (Å²) in [6.45, 7) is 1.92. The first kappa shape index (κ1) is 13.6. The van der Waals surface area contributed by atoms with Crippen LogP contribution in [-0.2, 0) is 5.11 Å². The highest BCUT2D eigenvalue weighted by Gasteiger charge is 2.18. The summed E-state index contributed by atoms with van der Waals surface area (Å²) in [5.74, 6) is -3.50. The lowest BCUT2D eigenvalue weighted by Gasteiger charge is -2.02. The minimum absolute atomic E-state index is 0.0175. The number of aromatic nitrogens is 2. The number of benzene rings is 1. The second kappa shape index (κ2) is 5.21. The SMILES string of the molecule is Cc1ccncc1-c1nc(-c2ccc([O])c(F)c2F)cs1. The number of hydrogen-bond acceptors (Lipinski definition) is 3. The normalized spacial score (nSPS) is 10.8. The smallest absolute Gasteiger partial charge is 0.217 e. The van der Waals surface area contributed by atoms with E-state index in [1.54, 1.807) is 17.8 Å². The average molecular weight is 303 g/mol. The number of aryl methyl sites for hydroxylation is 1. The number of thiazole rings is 1. The highest BCUT2D eigenvalue weighted by atomic mass is 32.1. The fourth-order valence-corrected chi connectivity index (χ4v) is 2.83. The monoisotopic (exact) mass is 303 g/mol. The van der Waals surface area contributed by atoms with Crippen LogP contribution in [0.1, 0.15) is 5.56 Å². The molecule has 0 fully saturated rings. The quantitative estimate of drug-likeness (QED) is 0.694. The Balaban J connectivity index is 2.07. The molecule has 2 heterocycles. The third-order valence-corrected chi connectivity index (χ3v) is 3.97. The van der Waals surface area contributed by atoms with Crippen molar-refractivity contribution < 1.29 is 13.9 Å². The Labute approximate surface area is 123 Å². The molecule has 1 aromatic carbocycles. The lowest BCUT2D eigenvalue weighted by molar-refractivity contribution is 0.320. The molecule has 0 saturated carbocycles. The molecule has 3 rings (SSSR count). The molecule has 0 N–H and O–H groups in total. The zero-order chi connectivity index (χ0) is 15.0. The minimum atomic E-state index is -1.38. The lowest BCUT2D eigenvalue weighted by Crippen LogP contribution is -1.90. The first-order valence-corrected chi connectivity index (χ1v) is 6.98. The summed E-state index contributed by atoms with van der Waals surface area (Å²) in [5.41, 5.74) is 2.12. The van der Waals surface area contributed by atoms with Gasteiger partial charge in [-0.25, -0.2) is 9.37 Å². The Kier molecular flexibility index (Phi) is 3.39. The molecule has 0 aliphatic rings. The van der Waals surface area contributed by atoms with Crippen LogP contribution in [0.2, 0.25) is 0 Å². The van der Waals surface area contributed by atoms with Crippen LogP contribution in [0.3, 0.4) is 0 Å². The van der Waals surface area contributed by atoms with Gasteiger partial charge in [-0.15, -0.1) is 11.3 Å². The van der Waals surface area contributed by atoms with E-state index in [0.29, 0.717) is 10.7 Å². The van der Waals surface area contributed by atoms with Crippen molar-refractivity contribution in [3.63, 3.8) is 0 Å². The maximum absolute atomic E-state index is 13.8. The van der Waals surface area contributed by atoms with E-state index in [1.807, 2.05) is 13.0 Å². The third kappa shape index (κ3) is 2.38. The van der Waals surface area contributed by atoms with Crippen molar-refractivity contribution in [1.82, 2.24) is 9.97 Å². The van der Waals surface area contributed by atoms with Crippen LogP contribution in [0.4, 0.5) is 8.78 Å². The number of halogens is 2. The fraction of sp³-hybridized carbons (Fsp3) is 0.0667. The van der Waals surface area contributed by atoms with E-state index in [4.69, 9.17) is 0 Å². The molecular weight excluding hydrogens is 294 g/mol. The Morgan fingerprint density at radius 3 is 2.67 bits per heavy atom. The van der Waals surface area contributed by atoms with Crippen LogP contribution < -0.4 is 0 Å². The summed E-state index contributed by atoms with van der Waals surface area (Å²) in [4.78, 5) is 8.35. The van der Waals surface area contributed by atoms with E-state index in [-0.39, 0.29) is 5.56 Å². The second-order valence-corrected chi connectivity index (χ2v) is 5.33. The van der Waals surface area contributed by atoms with Crippen molar-refractivity contribution in [2.24, 2.45) is 0 Å². The zero-order valence-corrected chi connectivity index (χ0v) is 11.7. The molecule has 1 radical (unpaired) electrons. The van der Waals surface area contributed by atoms with Gasteiger partial charge in [0.25, 0.3) is 0 Å². The Bertz CT molecular complexity index is 817. The van der Waals surface area contributed by atoms with Gasteiger partial charge in [-0.2, -0.15) is 4.39 Å². The summed E-state index contributed by atoms with van der Waals surface area (Å²) in [6.07, 6.45) is 3.35. The lowest BCUT2D eigenvalue weighted by atomic mass is 10.1. The fourth-order valence-electron chi connectivity index (χ4n) is 1.94. The molecule has 0 saturated heterocycles. The molecule has 0 amide bonds. The topological polar surface area (TPSA) is 45.7 Å². The summed E-state index contributed by atoms with van der Waals surface area (Å²) < 4.78 is 27.2. The molecule has 2 aromatic heterocycles. The van der Waals surface area contributed by atoms with Crippen molar-refractivity contribution in [1.29, 1.82) is 0 Å². The van der Waals surface area contributed by atoms with Gasteiger partial charge in [-0.05, 0) is 30.7 Å². The number of hydrogen-bond donors (Lipinski definition) is 0. The molecule has 0 aliphatic heterocycles. The molecule has 3 nitrogen and oxygen atoms in total. The largest absolute Gasteiger partial charge is 0.287 e. The van der Waals surface area contributed by atoms with E-state index >= 15 is 0 Å². The molecule has 3 aromatic rings. The maximum Gasteiger partial charge on any atom is 0.217 e. The van der Waals surface area contributed by atoms with Crippen molar-refractivity contribution >= 4 is 11.3 Å². The summed E-state index contributed by atoms with van der Waals surface area (Å²) in [6, 6.07) is 4.10. The second-order valence-electron chi connectivity index (χ2n) is 4.47. The van der Waals surface area contributed by atoms with Gasteiger partial charge in [0.15, 0.2) is 5.82 Å². The molecule has 0 atom stereocenters. The van der Waals surface area contributed by atoms with Crippen molar-refractivity contribution in [2.75, 3.05) is 0 Å². The van der Waals surface area contributed by atoms with Gasteiger partial charge in [0.1, 0.15) is 5.01 Å². The van der Waals surface area contributed by atoms with E-state index in [9.17, 15) is 13.9 Å². The van der Waals surface area contributed by atoms with Crippen LogP contribution in [0, 0.1) is 18.6 Å². The molecule has 6 heteroatoms. The van der Waals surface area contributed by atoms with Gasteiger partial charge in [0, 0.05) is 28.9 Å². The highest BCUT2D eigenvalue weighted by molar-refractivity contribution is 7.13. The standard InChI is InChI=1S/C15H9F2N2OS/c1-8-4-5-18-6-10(8)15-19-11(7-21-15)9-2-3-12(20)14(17)13(9)16/h2-7H,1H3. The van der Waals surface area contributed by atoms with E-state index in [1.165, 1.54) is 17.4 Å². The molecule has 0 unspecified atom stereocenters. The first-order valence-electron chi connectivity index (χ1n) is 6.10. The minimum Gasteiger partial charge on any atom is -0.287 e. The van der Waals surface area contributed by atoms with Gasteiger partial charge in [0.05, 0.1) is 5.69 Å². The van der Waals surface area contributed by atoms with E-state index < -0.39 is 17.4 Å². The Hall–Kier alpha value is -2.34. The van der Waals surface area contributed by atoms with Gasteiger partial charge < -0.3 is 0 Å². The zero-order valence-electron chi connectivity index (χ0n) is 10.9. The van der Waals surface area contributed by atoms with Gasteiger partial charge in [0.2, 0.25) is 11.6 Å². The molecule has 0 spiro atoms. The number of rotatable bonds is 2. The van der Waals surface area contributed by atoms with Gasteiger partial charge >= 0.3 is 0 Å². The number of pyridine rings is 1. The van der Waals surface area contributed by atoms with Crippen LogP contribution in [0.5, 0.6) is 5.75 Å². The summed E-state index contributed by atoms with van der Waals surface area (Å²) in [5, 5.41) is 13.4. The summed E-state index contributed by atoms with van der Waals surface area (Å²) >= 11 is 1.31. The highest BCUT2D eigenvalue weighted by Crippen LogP contribution is 2.33. The first-order chi connectivity index (χ1) is 10.1. The van der Waals surface area contributed by atoms with Crippen LogP contribution in [0.25, 0.3) is 21.8 Å². The van der Waals surface area contributed by atoms with E-state index in [2.05, 4.69) is 9.97 Å². The number of nitrogens with zero attached hydrogens (tertiary/aromatic N) is 2. The van der Waals surface area contributed by atoms with Crippen LogP contribution >= 0.6 is 11.3 Å². The van der Waals surface area contributed by atoms with Crippen molar-refractivity contribution in [3.8, 4) is 27.6 Å². The van der Waals surface area contributed by atoms with Crippen molar-refractivity contribution in [3.05, 3.63) is 53.2 Å². The maximum atomic E-state index is 13.8. The predicted octanol–water partition coefficient (Wildman–Crippen LogP) is 4.60. The van der Waals surface area contributed by atoms with Crippen LogP contribution in [0.15, 0.2) is 36.0 Å². The third-order valence-electron chi connectivity index (χ3n) is 3.10. The van der Waals surface area contributed by atoms with Crippen molar-refractivity contribution in [2.45, 2.75) is 6.92 Å². The molecule has 0 aliphatic carbocycles.